The molecule has 2 nitrogen and oxygen atoms in total. The zero-order valence-electron chi connectivity index (χ0n) is 12.0. The van der Waals surface area contributed by atoms with Crippen LogP contribution in [0.5, 0.6) is 0 Å². The Morgan fingerprint density at radius 1 is 0.905 bits per heavy atom. The number of rotatable bonds is 3. The van der Waals surface area contributed by atoms with Crippen molar-refractivity contribution in [3.63, 3.8) is 0 Å². The van der Waals surface area contributed by atoms with Crippen molar-refractivity contribution in [1.82, 2.24) is 0 Å². The van der Waals surface area contributed by atoms with Crippen LogP contribution < -0.4 is 0 Å². The fourth-order valence-corrected chi connectivity index (χ4v) is 2.75. The summed E-state index contributed by atoms with van der Waals surface area (Å²) in [5.41, 5.74) is 2.34. The predicted octanol–water partition coefficient (Wildman–Crippen LogP) is 3.71. The third kappa shape index (κ3) is 3.81. The maximum absolute atomic E-state index is 8.15. The summed E-state index contributed by atoms with van der Waals surface area (Å²) in [6, 6.07) is 20.5. The summed E-state index contributed by atoms with van der Waals surface area (Å²) in [6.45, 7) is 0. The molecule has 0 radical (unpaired) electrons. The van der Waals surface area contributed by atoms with Gasteiger partial charge in [-0.15, -0.1) is 0 Å². The minimum atomic E-state index is -0.0608. The molecule has 1 heterocycles. The summed E-state index contributed by atoms with van der Waals surface area (Å²) < 4.78 is 6.16. The zero-order valence-corrected chi connectivity index (χ0v) is 12.0. The van der Waals surface area contributed by atoms with Crippen molar-refractivity contribution in [3.05, 3.63) is 77.9 Å². The van der Waals surface area contributed by atoms with E-state index < -0.39 is 0 Å². The Labute approximate surface area is 125 Å². The molecule has 0 aliphatic carbocycles. The molecule has 0 unspecified atom stereocenters. The van der Waals surface area contributed by atoms with Crippen LogP contribution in [0.4, 0.5) is 0 Å². The number of ether oxygens (including phenoxy) is 1. The molecule has 2 aromatic carbocycles. The summed E-state index contributed by atoms with van der Waals surface area (Å²) in [6.07, 6.45) is 5.72. The van der Waals surface area contributed by atoms with Gasteiger partial charge in [-0.3, -0.25) is 0 Å². The number of hydrogen-bond donors (Lipinski definition) is 0. The molecule has 21 heavy (non-hydrogen) atoms. The molecule has 0 bridgehead atoms. The lowest BCUT2D eigenvalue weighted by Crippen LogP contribution is -2.30. The molecule has 3 rings (SSSR count). The SMILES string of the molecule is [OH2+][C@H]1C[C@@H](/C=C/c2ccccc2)O[C@@H](c2ccccc2)C1. The maximum atomic E-state index is 8.15. The van der Waals surface area contributed by atoms with Gasteiger partial charge in [0, 0.05) is 12.8 Å². The van der Waals surface area contributed by atoms with Crippen LogP contribution in [0.3, 0.4) is 0 Å². The van der Waals surface area contributed by atoms with Crippen LogP contribution >= 0.6 is 0 Å². The topological polar surface area (TPSA) is 32.1 Å². The molecule has 0 spiro atoms. The second-order valence-corrected chi connectivity index (χ2v) is 5.51. The Morgan fingerprint density at radius 2 is 1.57 bits per heavy atom. The molecular weight excluding hydrogens is 260 g/mol. The standard InChI is InChI=1S/C19H20O2/c20-17-13-18(12-11-15-7-3-1-4-8-15)21-19(14-17)16-9-5-2-6-10-16/h1-12,17-20H,13-14H2/p+1/b12-11+/t17-,18+,19+/m0/s1. The van der Waals surface area contributed by atoms with E-state index in [0.717, 1.165) is 12.8 Å². The lowest BCUT2D eigenvalue weighted by Gasteiger charge is -2.30. The van der Waals surface area contributed by atoms with Gasteiger partial charge >= 0.3 is 0 Å². The van der Waals surface area contributed by atoms with E-state index >= 15 is 0 Å². The fourth-order valence-electron chi connectivity index (χ4n) is 2.75. The molecule has 0 amide bonds. The van der Waals surface area contributed by atoms with Crippen LogP contribution in [-0.4, -0.2) is 17.3 Å². The molecule has 2 aromatic rings. The van der Waals surface area contributed by atoms with Crippen molar-refractivity contribution >= 4 is 6.08 Å². The maximum Gasteiger partial charge on any atom is 0.159 e. The first-order valence-corrected chi connectivity index (χ1v) is 7.46. The first-order chi connectivity index (χ1) is 10.3. The monoisotopic (exact) mass is 281 g/mol. The van der Waals surface area contributed by atoms with E-state index in [1.165, 1.54) is 11.1 Å². The fraction of sp³-hybridized carbons (Fsp3) is 0.263. The van der Waals surface area contributed by atoms with E-state index in [0.29, 0.717) is 0 Å². The lowest BCUT2D eigenvalue weighted by molar-refractivity contribution is -0.0774. The summed E-state index contributed by atoms with van der Waals surface area (Å²) >= 11 is 0. The summed E-state index contributed by atoms with van der Waals surface area (Å²) in [7, 11) is 0. The molecule has 2 N–H and O–H groups in total. The molecule has 1 aliphatic rings. The van der Waals surface area contributed by atoms with Crippen molar-refractivity contribution in [2.24, 2.45) is 0 Å². The number of hydrogen-bond acceptors (Lipinski definition) is 1. The molecule has 1 aliphatic heterocycles. The molecule has 1 saturated heterocycles. The van der Waals surface area contributed by atoms with Gasteiger partial charge in [0.2, 0.25) is 0 Å². The zero-order chi connectivity index (χ0) is 14.5. The van der Waals surface area contributed by atoms with Crippen molar-refractivity contribution in [3.8, 4) is 0 Å². The van der Waals surface area contributed by atoms with Gasteiger partial charge in [0.05, 0.1) is 12.2 Å². The van der Waals surface area contributed by atoms with Crippen LogP contribution in [0.25, 0.3) is 6.08 Å². The largest absolute Gasteiger partial charge is 0.443 e. The molecule has 2 heteroatoms. The average molecular weight is 281 g/mol. The molecule has 1 fully saturated rings. The molecule has 0 aromatic heterocycles. The van der Waals surface area contributed by atoms with Crippen LogP contribution in [-0.2, 0) is 4.74 Å². The quantitative estimate of drug-likeness (QED) is 0.789. The van der Waals surface area contributed by atoms with E-state index in [2.05, 4.69) is 36.4 Å². The van der Waals surface area contributed by atoms with Gasteiger partial charge in [0.1, 0.15) is 0 Å². The van der Waals surface area contributed by atoms with Crippen molar-refractivity contribution in [2.75, 3.05) is 0 Å². The first-order valence-electron chi connectivity index (χ1n) is 7.46. The molecule has 0 saturated carbocycles. The smallest absolute Gasteiger partial charge is 0.159 e. The van der Waals surface area contributed by atoms with Gasteiger partial charge < -0.3 is 9.84 Å². The Bertz CT molecular complexity index is 577. The van der Waals surface area contributed by atoms with Crippen molar-refractivity contribution < 1.29 is 9.84 Å². The van der Waals surface area contributed by atoms with Gasteiger partial charge in [-0.05, 0) is 11.1 Å². The lowest BCUT2D eigenvalue weighted by atomic mass is 9.95. The van der Waals surface area contributed by atoms with Crippen LogP contribution in [0.1, 0.15) is 30.1 Å². The van der Waals surface area contributed by atoms with E-state index in [1.807, 2.05) is 36.4 Å². The number of benzene rings is 2. The van der Waals surface area contributed by atoms with Crippen molar-refractivity contribution in [1.29, 1.82) is 0 Å². The molecular formula is C19H21O2+. The van der Waals surface area contributed by atoms with E-state index in [-0.39, 0.29) is 18.3 Å². The van der Waals surface area contributed by atoms with Gasteiger partial charge in [0.25, 0.3) is 0 Å². The molecule has 3 atom stereocenters. The minimum Gasteiger partial charge on any atom is -0.443 e. The Morgan fingerprint density at radius 3 is 2.29 bits per heavy atom. The first kappa shape index (κ1) is 14.1. The summed E-state index contributed by atoms with van der Waals surface area (Å²) in [5, 5.41) is 8.15. The highest BCUT2D eigenvalue weighted by Crippen LogP contribution is 2.32. The third-order valence-electron chi connectivity index (χ3n) is 3.83. The highest BCUT2D eigenvalue weighted by molar-refractivity contribution is 5.49. The van der Waals surface area contributed by atoms with Crippen LogP contribution in [0, 0.1) is 0 Å². The highest BCUT2D eigenvalue weighted by atomic mass is 16.5. The third-order valence-corrected chi connectivity index (χ3v) is 3.83. The summed E-state index contributed by atoms with van der Waals surface area (Å²) in [5.74, 6) is 0. The molecule has 108 valence electrons. The van der Waals surface area contributed by atoms with Gasteiger partial charge in [0.15, 0.2) is 6.10 Å². The average Bonchev–Trinajstić information content (AvgIpc) is 2.54. The van der Waals surface area contributed by atoms with E-state index in [4.69, 9.17) is 9.84 Å². The van der Waals surface area contributed by atoms with Crippen molar-refractivity contribution in [2.45, 2.75) is 31.2 Å². The van der Waals surface area contributed by atoms with Crippen LogP contribution in [0.15, 0.2) is 66.7 Å². The van der Waals surface area contributed by atoms with Gasteiger partial charge in [-0.2, -0.15) is 0 Å². The predicted molar refractivity (Wildman–Crippen MR) is 86.2 cm³/mol. The minimum absolute atomic E-state index is 0.0201. The van der Waals surface area contributed by atoms with Gasteiger partial charge in [-0.1, -0.05) is 72.8 Å². The highest BCUT2D eigenvalue weighted by Gasteiger charge is 2.30. The second-order valence-electron chi connectivity index (χ2n) is 5.51. The van der Waals surface area contributed by atoms with Crippen LogP contribution in [0.2, 0.25) is 0 Å². The Kier molecular flexibility index (Phi) is 4.49. The van der Waals surface area contributed by atoms with E-state index in [9.17, 15) is 0 Å². The summed E-state index contributed by atoms with van der Waals surface area (Å²) in [4.78, 5) is 0. The Hall–Kier alpha value is -1.90. The second kappa shape index (κ2) is 6.70. The normalized spacial score (nSPS) is 26.0. The van der Waals surface area contributed by atoms with E-state index in [1.54, 1.807) is 0 Å². The van der Waals surface area contributed by atoms with Gasteiger partial charge in [-0.25, -0.2) is 0 Å². The Balaban J connectivity index is 1.70.